The van der Waals surface area contributed by atoms with E-state index in [9.17, 15) is 4.79 Å². The summed E-state index contributed by atoms with van der Waals surface area (Å²) in [6.45, 7) is 0.783. The Labute approximate surface area is 137 Å². The fourth-order valence-corrected chi connectivity index (χ4v) is 2.70. The number of hydrogen-bond donors (Lipinski definition) is 0. The van der Waals surface area contributed by atoms with Gasteiger partial charge in [-0.1, -0.05) is 17.3 Å². The Balaban J connectivity index is 1.57. The average Bonchev–Trinajstić information content (AvgIpc) is 3.30. The highest BCUT2D eigenvalue weighted by Gasteiger charge is 2.28. The first-order valence-corrected chi connectivity index (χ1v) is 7.47. The molecule has 1 aromatic carbocycles. The van der Waals surface area contributed by atoms with Gasteiger partial charge >= 0.3 is 0 Å². The second kappa shape index (κ2) is 5.89. The third-order valence-electron chi connectivity index (χ3n) is 4.03. The van der Waals surface area contributed by atoms with Crippen LogP contribution < -0.4 is 4.74 Å². The van der Waals surface area contributed by atoms with E-state index in [0.29, 0.717) is 17.9 Å². The van der Waals surface area contributed by atoms with E-state index < -0.39 is 0 Å². The van der Waals surface area contributed by atoms with Crippen molar-refractivity contribution >= 4 is 5.91 Å². The van der Waals surface area contributed by atoms with Gasteiger partial charge in [-0.25, -0.2) is 9.67 Å². The molecule has 0 N–H and O–H groups in total. The van der Waals surface area contributed by atoms with E-state index >= 15 is 0 Å². The van der Waals surface area contributed by atoms with Crippen molar-refractivity contribution in [3.05, 3.63) is 59.9 Å². The summed E-state index contributed by atoms with van der Waals surface area (Å²) < 4.78 is 14.2. The van der Waals surface area contributed by atoms with E-state index in [0.717, 1.165) is 11.3 Å². The summed E-state index contributed by atoms with van der Waals surface area (Å²) in [5.41, 5.74) is 2.00. The zero-order valence-electron chi connectivity index (χ0n) is 13.0. The first kappa shape index (κ1) is 14.6. The predicted octanol–water partition coefficient (Wildman–Crippen LogP) is 1.44. The number of imidazole rings is 1. The van der Waals surface area contributed by atoms with Crippen LogP contribution >= 0.6 is 0 Å². The molecule has 0 unspecified atom stereocenters. The molecule has 8 heteroatoms. The number of aromatic nitrogens is 5. The third-order valence-corrected chi connectivity index (χ3v) is 4.03. The lowest BCUT2D eigenvalue weighted by Crippen LogP contribution is -2.23. The number of benzene rings is 1. The molecule has 3 heterocycles. The molecule has 1 atom stereocenters. The second-order valence-corrected chi connectivity index (χ2v) is 5.41. The molecule has 122 valence electrons. The molecule has 0 fully saturated rings. The molecule has 1 aliphatic rings. The number of fused-ring (bicyclic) bond motifs is 1. The Hall–Kier alpha value is -3.00. The Morgan fingerprint density at radius 3 is 2.88 bits per heavy atom. The van der Waals surface area contributed by atoms with Crippen LogP contribution in [0.5, 0.6) is 5.75 Å². The first-order chi connectivity index (χ1) is 11.8. The molecule has 0 spiro atoms. The summed E-state index contributed by atoms with van der Waals surface area (Å²) in [6.07, 6.45) is 4.43. The molecule has 8 nitrogen and oxygen atoms in total. The number of carbonyl (C=O) groups is 1. The van der Waals surface area contributed by atoms with Crippen molar-refractivity contribution in [2.75, 3.05) is 7.11 Å². The van der Waals surface area contributed by atoms with Crippen LogP contribution in [0.4, 0.5) is 0 Å². The van der Waals surface area contributed by atoms with Crippen LogP contribution in [0, 0.1) is 0 Å². The zero-order chi connectivity index (χ0) is 16.5. The summed E-state index contributed by atoms with van der Waals surface area (Å²) in [7, 11) is 1.63. The molecule has 0 saturated carbocycles. The molecule has 4 rings (SSSR count). The minimum atomic E-state index is -0.264. The van der Waals surface area contributed by atoms with Gasteiger partial charge in [0.25, 0.3) is 5.91 Å². The van der Waals surface area contributed by atoms with Crippen LogP contribution in [0.15, 0.2) is 43.0 Å². The van der Waals surface area contributed by atoms with Crippen molar-refractivity contribution in [3.63, 3.8) is 0 Å². The Morgan fingerprint density at radius 1 is 1.33 bits per heavy atom. The van der Waals surface area contributed by atoms with Gasteiger partial charge in [-0.05, 0) is 17.7 Å². The number of methoxy groups -OCH3 is 1. The standard InChI is InChI=1S/C16H15N5O3/c1-23-12-4-2-11(3-5-12)14-8-21-13(9-24-14)15(18-19-21)16(22)20-7-6-17-10-20/h2-7,10,14H,8-9H2,1H3/t14-/m1/s1. The summed E-state index contributed by atoms with van der Waals surface area (Å²) in [5.74, 6) is 0.532. The quantitative estimate of drug-likeness (QED) is 0.724. The van der Waals surface area contributed by atoms with Crippen LogP contribution in [-0.2, 0) is 17.9 Å². The number of ether oxygens (including phenoxy) is 2. The van der Waals surface area contributed by atoms with Crippen LogP contribution in [0.3, 0.4) is 0 Å². The van der Waals surface area contributed by atoms with Crippen molar-refractivity contribution in [3.8, 4) is 5.75 Å². The third kappa shape index (κ3) is 2.46. The van der Waals surface area contributed by atoms with Crippen molar-refractivity contribution in [1.82, 2.24) is 24.5 Å². The van der Waals surface area contributed by atoms with Gasteiger partial charge in [-0.2, -0.15) is 0 Å². The zero-order valence-corrected chi connectivity index (χ0v) is 13.0. The second-order valence-electron chi connectivity index (χ2n) is 5.41. The van der Waals surface area contributed by atoms with Gasteiger partial charge in [0.15, 0.2) is 5.69 Å². The molecule has 2 aromatic heterocycles. The monoisotopic (exact) mass is 325 g/mol. The van der Waals surface area contributed by atoms with E-state index in [-0.39, 0.29) is 18.6 Å². The van der Waals surface area contributed by atoms with Crippen molar-refractivity contribution in [1.29, 1.82) is 0 Å². The maximum absolute atomic E-state index is 12.4. The fourth-order valence-electron chi connectivity index (χ4n) is 2.70. The smallest absolute Gasteiger partial charge is 0.285 e. The molecule has 0 amide bonds. The topological polar surface area (TPSA) is 84.1 Å². The Kier molecular flexibility index (Phi) is 3.58. The minimum Gasteiger partial charge on any atom is -0.497 e. The van der Waals surface area contributed by atoms with Gasteiger partial charge in [0.05, 0.1) is 26.0 Å². The molecule has 0 saturated heterocycles. The molecule has 0 bridgehead atoms. The van der Waals surface area contributed by atoms with Gasteiger partial charge in [0.1, 0.15) is 18.2 Å². The minimum absolute atomic E-state index is 0.138. The Bertz CT molecular complexity index is 854. The van der Waals surface area contributed by atoms with Crippen molar-refractivity contribution in [2.24, 2.45) is 0 Å². The van der Waals surface area contributed by atoms with E-state index in [1.807, 2.05) is 24.3 Å². The largest absolute Gasteiger partial charge is 0.497 e. The van der Waals surface area contributed by atoms with Crippen molar-refractivity contribution in [2.45, 2.75) is 19.3 Å². The lowest BCUT2D eigenvalue weighted by Gasteiger charge is -2.24. The lowest BCUT2D eigenvalue weighted by molar-refractivity contribution is -0.00178. The highest BCUT2D eigenvalue weighted by Crippen LogP contribution is 2.28. The maximum atomic E-state index is 12.4. The molecular weight excluding hydrogens is 310 g/mol. The summed E-state index contributed by atoms with van der Waals surface area (Å²) >= 11 is 0. The first-order valence-electron chi connectivity index (χ1n) is 7.47. The van der Waals surface area contributed by atoms with Gasteiger partial charge in [-0.3, -0.25) is 9.36 Å². The molecule has 1 aliphatic heterocycles. The van der Waals surface area contributed by atoms with Crippen LogP contribution in [-0.4, -0.2) is 37.6 Å². The molecule has 24 heavy (non-hydrogen) atoms. The highest BCUT2D eigenvalue weighted by atomic mass is 16.5. The van der Waals surface area contributed by atoms with E-state index in [2.05, 4.69) is 15.3 Å². The fraction of sp³-hybridized carbons (Fsp3) is 0.250. The number of carbonyl (C=O) groups excluding carboxylic acids is 1. The predicted molar refractivity (Wildman–Crippen MR) is 82.5 cm³/mol. The molecular formula is C16H15N5O3. The van der Waals surface area contributed by atoms with Gasteiger partial charge in [-0.15, -0.1) is 5.10 Å². The Morgan fingerprint density at radius 2 is 2.17 bits per heavy atom. The molecule has 0 radical (unpaired) electrons. The van der Waals surface area contributed by atoms with Crippen LogP contribution in [0.2, 0.25) is 0 Å². The van der Waals surface area contributed by atoms with E-state index in [1.54, 1.807) is 24.2 Å². The van der Waals surface area contributed by atoms with Gasteiger partial charge in [0, 0.05) is 12.4 Å². The SMILES string of the molecule is COc1ccc([C@H]2Cn3nnc(C(=O)n4ccnc4)c3CO2)cc1. The lowest BCUT2D eigenvalue weighted by atomic mass is 10.1. The van der Waals surface area contributed by atoms with Crippen LogP contribution in [0.25, 0.3) is 0 Å². The van der Waals surface area contributed by atoms with Crippen LogP contribution in [0.1, 0.15) is 27.8 Å². The number of rotatable bonds is 3. The van der Waals surface area contributed by atoms with Gasteiger partial charge in [0.2, 0.25) is 0 Å². The van der Waals surface area contributed by atoms with Crippen molar-refractivity contribution < 1.29 is 14.3 Å². The molecule has 0 aliphatic carbocycles. The molecule has 3 aromatic rings. The highest BCUT2D eigenvalue weighted by molar-refractivity contribution is 5.94. The number of nitrogens with zero attached hydrogens (tertiary/aromatic N) is 5. The average molecular weight is 325 g/mol. The number of hydrogen-bond acceptors (Lipinski definition) is 6. The summed E-state index contributed by atoms with van der Waals surface area (Å²) in [6, 6.07) is 7.71. The van der Waals surface area contributed by atoms with E-state index in [4.69, 9.17) is 9.47 Å². The van der Waals surface area contributed by atoms with E-state index in [1.165, 1.54) is 10.9 Å². The maximum Gasteiger partial charge on any atom is 0.285 e. The normalized spacial score (nSPS) is 16.6. The summed E-state index contributed by atoms with van der Waals surface area (Å²) in [5, 5.41) is 8.13. The van der Waals surface area contributed by atoms with Gasteiger partial charge < -0.3 is 9.47 Å². The summed E-state index contributed by atoms with van der Waals surface area (Å²) in [4.78, 5) is 16.3.